The van der Waals surface area contributed by atoms with Crippen LogP contribution in [-0.2, 0) is 16.4 Å². The molecule has 0 saturated carbocycles. The summed E-state index contributed by atoms with van der Waals surface area (Å²) in [6.07, 6.45) is 4.52. The van der Waals surface area contributed by atoms with Crippen molar-refractivity contribution < 1.29 is 8.42 Å². The van der Waals surface area contributed by atoms with Gasteiger partial charge in [0.25, 0.3) is 0 Å². The van der Waals surface area contributed by atoms with Gasteiger partial charge in [-0.3, -0.25) is 4.98 Å². The predicted molar refractivity (Wildman–Crippen MR) is 84.1 cm³/mol. The maximum absolute atomic E-state index is 11.4. The van der Waals surface area contributed by atoms with Gasteiger partial charge in [0.05, 0.1) is 9.92 Å². The average molecular weight is 325 g/mol. The largest absolute Gasteiger partial charge is 0.306 e. The molecule has 1 atom stereocenters. The summed E-state index contributed by atoms with van der Waals surface area (Å²) in [5.74, 6) is 0. The normalized spacial score (nSPS) is 13.1. The highest BCUT2D eigenvalue weighted by Gasteiger charge is 2.10. The quantitative estimate of drug-likeness (QED) is 0.918. The second-order valence-corrected chi connectivity index (χ2v) is 7.33. The molecule has 0 radical (unpaired) electrons. The lowest BCUT2D eigenvalue weighted by atomic mass is 10.1. The summed E-state index contributed by atoms with van der Waals surface area (Å²) in [5, 5.41) is 3.98. The summed E-state index contributed by atoms with van der Waals surface area (Å²) < 4.78 is 22.9. The third-order valence-electron chi connectivity index (χ3n) is 3.26. The Balaban J connectivity index is 2.04. The molecule has 0 spiro atoms. The standard InChI is InChI=1S/C15H17ClN2O2S/c1-11(18-9-13-7-8-17-10-15(13)16)12-3-5-14(6-4-12)21(2,19)20/h3-8,10-11,18H,9H2,1-2H3/t11-/m1/s1. The van der Waals surface area contributed by atoms with Gasteiger partial charge in [-0.25, -0.2) is 8.42 Å². The molecular formula is C15H17ClN2O2S. The molecule has 4 nitrogen and oxygen atoms in total. The molecule has 0 bridgehead atoms. The second-order valence-electron chi connectivity index (χ2n) is 4.91. The molecule has 0 fully saturated rings. The molecule has 21 heavy (non-hydrogen) atoms. The molecular weight excluding hydrogens is 308 g/mol. The first-order chi connectivity index (χ1) is 9.88. The summed E-state index contributed by atoms with van der Waals surface area (Å²) in [4.78, 5) is 4.28. The van der Waals surface area contributed by atoms with E-state index in [1.165, 1.54) is 6.26 Å². The third-order valence-corrected chi connectivity index (χ3v) is 4.73. The minimum atomic E-state index is -3.15. The molecule has 112 valence electrons. The van der Waals surface area contributed by atoms with Crippen molar-refractivity contribution in [1.82, 2.24) is 10.3 Å². The smallest absolute Gasteiger partial charge is 0.175 e. The Hall–Kier alpha value is -1.43. The molecule has 2 aromatic rings. The molecule has 0 amide bonds. The lowest BCUT2D eigenvalue weighted by molar-refractivity contribution is 0.573. The summed E-state index contributed by atoms with van der Waals surface area (Å²) in [7, 11) is -3.15. The van der Waals surface area contributed by atoms with Crippen molar-refractivity contribution in [1.29, 1.82) is 0 Å². The van der Waals surface area contributed by atoms with Gasteiger partial charge in [0, 0.05) is 31.2 Å². The van der Waals surface area contributed by atoms with Crippen LogP contribution in [0.2, 0.25) is 5.02 Å². The highest BCUT2D eigenvalue weighted by Crippen LogP contribution is 2.18. The Morgan fingerprint density at radius 3 is 2.48 bits per heavy atom. The lowest BCUT2D eigenvalue weighted by Gasteiger charge is -2.15. The van der Waals surface area contributed by atoms with Gasteiger partial charge in [0.1, 0.15) is 0 Å². The van der Waals surface area contributed by atoms with Crippen LogP contribution in [0.1, 0.15) is 24.1 Å². The molecule has 1 N–H and O–H groups in total. The van der Waals surface area contributed by atoms with Crippen LogP contribution in [0.3, 0.4) is 0 Å². The maximum atomic E-state index is 11.4. The zero-order valence-corrected chi connectivity index (χ0v) is 13.4. The summed E-state index contributed by atoms with van der Waals surface area (Å²) >= 11 is 6.06. The van der Waals surface area contributed by atoms with Crippen molar-refractivity contribution in [3.63, 3.8) is 0 Å². The van der Waals surface area contributed by atoms with Crippen LogP contribution in [0.4, 0.5) is 0 Å². The van der Waals surface area contributed by atoms with Crippen LogP contribution in [0.5, 0.6) is 0 Å². The molecule has 1 aromatic carbocycles. The topological polar surface area (TPSA) is 59.1 Å². The third kappa shape index (κ3) is 4.27. The van der Waals surface area contributed by atoms with Crippen molar-refractivity contribution in [2.75, 3.05) is 6.26 Å². The van der Waals surface area contributed by atoms with Crippen LogP contribution in [0.15, 0.2) is 47.6 Å². The van der Waals surface area contributed by atoms with Crippen LogP contribution >= 0.6 is 11.6 Å². The van der Waals surface area contributed by atoms with Crippen molar-refractivity contribution in [3.05, 3.63) is 58.9 Å². The van der Waals surface area contributed by atoms with E-state index in [2.05, 4.69) is 10.3 Å². The number of nitrogens with zero attached hydrogens (tertiary/aromatic N) is 1. The van der Waals surface area contributed by atoms with E-state index in [9.17, 15) is 8.42 Å². The fourth-order valence-electron chi connectivity index (χ4n) is 1.93. The number of pyridine rings is 1. The minimum Gasteiger partial charge on any atom is -0.306 e. The summed E-state index contributed by atoms with van der Waals surface area (Å²) in [6, 6.07) is 8.85. The van der Waals surface area contributed by atoms with Crippen molar-refractivity contribution >= 4 is 21.4 Å². The fraction of sp³-hybridized carbons (Fsp3) is 0.267. The van der Waals surface area contributed by atoms with Gasteiger partial charge in [0.2, 0.25) is 0 Å². The number of rotatable bonds is 5. The van der Waals surface area contributed by atoms with E-state index < -0.39 is 9.84 Å². The van der Waals surface area contributed by atoms with Gasteiger partial charge in [-0.05, 0) is 36.2 Å². The minimum absolute atomic E-state index is 0.0860. The number of sulfone groups is 1. The number of nitrogens with one attached hydrogen (secondary N) is 1. The molecule has 0 saturated heterocycles. The molecule has 2 rings (SSSR count). The number of benzene rings is 1. The molecule has 0 aliphatic carbocycles. The zero-order valence-electron chi connectivity index (χ0n) is 11.9. The Kier molecular flexibility index (Phi) is 4.98. The first-order valence-electron chi connectivity index (χ1n) is 6.49. The van der Waals surface area contributed by atoms with Crippen LogP contribution in [-0.4, -0.2) is 19.7 Å². The van der Waals surface area contributed by atoms with Crippen molar-refractivity contribution in [2.24, 2.45) is 0 Å². The van der Waals surface area contributed by atoms with Crippen LogP contribution in [0, 0.1) is 0 Å². The Morgan fingerprint density at radius 1 is 1.24 bits per heavy atom. The number of hydrogen-bond acceptors (Lipinski definition) is 4. The first kappa shape index (κ1) is 15.9. The van der Waals surface area contributed by atoms with E-state index in [-0.39, 0.29) is 6.04 Å². The predicted octanol–water partition coefficient (Wildman–Crippen LogP) is 2.99. The van der Waals surface area contributed by atoms with E-state index in [1.807, 2.05) is 25.1 Å². The molecule has 0 unspecified atom stereocenters. The van der Waals surface area contributed by atoms with E-state index in [0.29, 0.717) is 16.5 Å². The van der Waals surface area contributed by atoms with Gasteiger partial charge < -0.3 is 5.32 Å². The number of halogens is 1. The van der Waals surface area contributed by atoms with E-state index in [0.717, 1.165) is 11.1 Å². The van der Waals surface area contributed by atoms with Crippen molar-refractivity contribution in [3.8, 4) is 0 Å². The second kappa shape index (κ2) is 6.56. The van der Waals surface area contributed by atoms with Crippen LogP contribution in [0.25, 0.3) is 0 Å². The zero-order chi connectivity index (χ0) is 15.5. The molecule has 6 heteroatoms. The van der Waals surface area contributed by atoms with Gasteiger partial charge in [-0.15, -0.1) is 0 Å². The first-order valence-corrected chi connectivity index (χ1v) is 8.76. The van der Waals surface area contributed by atoms with E-state index in [4.69, 9.17) is 11.6 Å². The Bertz CT molecular complexity index is 715. The molecule has 0 aliphatic heterocycles. The summed E-state index contributed by atoms with van der Waals surface area (Å²) in [5.41, 5.74) is 2.00. The van der Waals surface area contributed by atoms with Gasteiger partial charge in [-0.2, -0.15) is 0 Å². The van der Waals surface area contributed by atoms with Gasteiger partial charge in [0.15, 0.2) is 9.84 Å². The summed E-state index contributed by atoms with van der Waals surface area (Å²) in [6.45, 7) is 2.64. The SMILES string of the molecule is C[C@@H](NCc1ccncc1Cl)c1ccc(S(C)(=O)=O)cc1. The van der Waals surface area contributed by atoms with Gasteiger partial charge >= 0.3 is 0 Å². The highest BCUT2D eigenvalue weighted by atomic mass is 35.5. The van der Waals surface area contributed by atoms with E-state index >= 15 is 0 Å². The van der Waals surface area contributed by atoms with E-state index in [1.54, 1.807) is 24.5 Å². The van der Waals surface area contributed by atoms with Gasteiger partial charge in [-0.1, -0.05) is 23.7 Å². The molecule has 0 aliphatic rings. The van der Waals surface area contributed by atoms with Crippen molar-refractivity contribution in [2.45, 2.75) is 24.4 Å². The monoisotopic (exact) mass is 324 g/mol. The Labute approximate surface area is 130 Å². The molecule has 1 aromatic heterocycles. The molecule has 1 heterocycles. The Morgan fingerprint density at radius 2 is 1.90 bits per heavy atom. The maximum Gasteiger partial charge on any atom is 0.175 e. The fourth-order valence-corrected chi connectivity index (χ4v) is 2.75. The number of hydrogen-bond donors (Lipinski definition) is 1. The number of aromatic nitrogens is 1. The lowest BCUT2D eigenvalue weighted by Crippen LogP contribution is -2.18. The van der Waals surface area contributed by atoms with Crippen LogP contribution < -0.4 is 5.32 Å². The highest BCUT2D eigenvalue weighted by molar-refractivity contribution is 7.90. The average Bonchev–Trinajstić information content (AvgIpc) is 2.45.